The lowest BCUT2D eigenvalue weighted by Gasteiger charge is -2.26. The highest BCUT2D eigenvalue weighted by Crippen LogP contribution is 2.25. The van der Waals surface area contributed by atoms with Gasteiger partial charge >= 0.3 is 0 Å². The summed E-state index contributed by atoms with van der Waals surface area (Å²) in [6.07, 6.45) is 1.66. The third-order valence-electron chi connectivity index (χ3n) is 6.40. The van der Waals surface area contributed by atoms with E-state index in [1.807, 2.05) is 4.90 Å². The molecule has 5 heteroatoms. The smallest absolute Gasteiger partial charge is 0.227 e. The highest BCUT2D eigenvalue weighted by atomic mass is 16.3. The number of aryl methyl sites for hydroxylation is 2. The van der Waals surface area contributed by atoms with Crippen LogP contribution in [0.2, 0.25) is 0 Å². The predicted molar refractivity (Wildman–Crippen MR) is 109 cm³/mol. The first-order valence-electron chi connectivity index (χ1n) is 10.3. The Bertz CT molecular complexity index is 648. The van der Waals surface area contributed by atoms with E-state index in [4.69, 9.17) is 0 Å². The SMILES string of the molecule is Cc1ccc(CC(=O)N2C[C@@H](CN3CCCN(C)CC3)[C@@H](CO)C2)cc1C. The van der Waals surface area contributed by atoms with E-state index in [9.17, 15) is 9.90 Å². The van der Waals surface area contributed by atoms with Gasteiger partial charge in [0.2, 0.25) is 5.91 Å². The second-order valence-corrected chi connectivity index (χ2v) is 8.55. The van der Waals surface area contributed by atoms with Gasteiger partial charge in [-0.2, -0.15) is 0 Å². The summed E-state index contributed by atoms with van der Waals surface area (Å²) < 4.78 is 0. The molecule has 2 aliphatic heterocycles. The number of likely N-dealkylation sites (N-methyl/N-ethyl adjacent to an activating group) is 1. The lowest BCUT2D eigenvalue weighted by Crippen LogP contribution is -2.36. The van der Waals surface area contributed by atoms with Crippen LogP contribution in [0.3, 0.4) is 0 Å². The average molecular weight is 374 g/mol. The van der Waals surface area contributed by atoms with E-state index in [1.54, 1.807) is 0 Å². The normalized spacial score (nSPS) is 25.0. The molecule has 1 aromatic carbocycles. The van der Waals surface area contributed by atoms with Crippen molar-refractivity contribution in [3.05, 3.63) is 34.9 Å². The summed E-state index contributed by atoms with van der Waals surface area (Å²) in [5.74, 6) is 0.770. The molecular weight excluding hydrogens is 338 g/mol. The van der Waals surface area contributed by atoms with Crippen molar-refractivity contribution in [3.63, 3.8) is 0 Å². The third kappa shape index (κ3) is 5.31. The number of benzene rings is 1. The second-order valence-electron chi connectivity index (χ2n) is 8.55. The average Bonchev–Trinajstić information content (AvgIpc) is 2.94. The van der Waals surface area contributed by atoms with E-state index in [2.05, 4.69) is 48.9 Å². The van der Waals surface area contributed by atoms with Crippen LogP contribution < -0.4 is 0 Å². The van der Waals surface area contributed by atoms with Gasteiger partial charge in [0.25, 0.3) is 0 Å². The predicted octanol–water partition coefficient (Wildman–Crippen LogP) is 1.55. The zero-order valence-corrected chi connectivity index (χ0v) is 17.2. The standard InChI is InChI=1S/C22H35N3O2/c1-17-5-6-19(11-18(17)2)12-22(27)25-14-20(21(15-25)16-26)13-24-8-4-7-23(3)9-10-24/h5-6,11,20-21,26H,4,7-10,12-16H2,1-3H3/t20-,21-/m1/s1. The summed E-state index contributed by atoms with van der Waals surface area (Å²) in [5, 5.41) is 9.86. The van der Waals surface area contributed by atoms with E-state index in [-0.39, 0.29) is 18.4 Å². The van der Waals surface area contributed by atoms with Gasteiger partial charge in [-0.1, -0.05) is 18.2 Å². The molecule has 27 heavy (non-hydrogen) atoms. The largest absolute Gasteiger partial charge is 0.396 e. The van der Waals surface area contributed by atoms with Crippen LogP contribution in [0.15, 0.2) is 18.2 Å². The van der Waals surface area contributed by atoms with Gasteiger partial charge in [-0.15, -0.1) is 0 Å². The van der Waals surface area contributed by atoms with Crippen molar-refractivity contribution in [3.8, 4) is 0 Å². The molecule has 0 spiro atoms. The molecule has 2 heterocycles. The zero-order chi connectivity index (χ0) is 19.4. The van der Waals surface area contributed by atoms with Crippen LogP contribution in [0, 0.1) is 25.7 Å². The molecule has 2 fully saturated rings. The Hall–Kier alpha value is -1.43. The van der Waals surface area contributed by atoms with Crippen LogP contribution in [0.4, 0.5) is 0 Å². The second kappa shape index (κ2) is 9.18. The van der Waals surface area contributed by atoms with Crippen molar-refractivity contribution in [1.29, 1.82) is 0 Å². The van der Waals surface area contributed by atoms with Gasteiger partial charge in [0, 0.05) is 45.2 Å². The summed E-state index contributed by atoms with van der Waals surface area (Å²) in [6, 6.07) is 6.28. The first-order valence-corrected chi connectivity index (χ1v) is 10.3. The third-order valence-corrected chi connectivity index (χ3v) is 6.40. The Labute approximate surface area is 163 Å². The fraction of sp³-hybridized carbons (Fsp3) is 0.682. The topological polar surface area (TPSA) is 47.0 Å². The molecular formula is C22H35N3O2. The van der Waals surface area contributed by atoms with Crippen molar-refractivity contribution in [2.45, 2.75) is 26.7 Å². The number of carbonyl (C=O) groups excluding carboxylic acids is 1. The highest BCUT2D eigenvalue weighted by molar-refractivity contribution is 5.79. The molecule has 3 rings (SSSR count). The zero-order valence-electron chi connectivity index (χ0n) is 17.2. The summed E-state index contributed by atoms with van der Waals surface area (Å²) in [7, 11) is 2.18. The number of rotatable bonds is 5. The number of hydrogen-bond acceptors (Lipinski definition) is 4. The van der Waals surface area contributed by atoms with E-state index < -0.39 is 0 Å². The number of aliphatic hydroxyl groups is 1. The van der Waals surface area contributed by atoms with Gasteiger partial charge < -0.3 is 19.8 Å². The first-order chi connectivity index (χ1) is 13.0. The van der Waals surface area contributed by atoms with E-state index >= 15 is 0 Å². The maximum atomic E-state index is 12.8. The monoisotopic (exact) mass is 373 g/mol. The number of likely N-dealkylation sites (tertiary alicyclic amines) is 1. The van der Waals surface area contributed by atoms with Crippen LogP contribution in [-0.4, -0.2) is 85.2 Å². The minimum Gasteiger partial charge on any atom is -0.396 e. The molecule has 1 N–H and O–H groups in total. The maximum Gasteiger partial charge on any atom is 0.227 e. The van der Waals surface area contributed by atoms with Crippen LogP contribution >= 0.6 is 0 Å². The fourth-order valence-corrected chi connectivity index (χ4v) is 4.37. The van der Waals surface area contributed by atoms with Gasteiger partial charge in [-0.05, 0) is 63.0 Å². The molecule has 2 aliphatic rings. The molecule has 0 radical (unpaired) electrons. The molecule has 0 aromatic heterocycles. The Morgan fingerprint density at radius 2 is 1.85 bits per heavy atom. The number of hydrogen-bond donors (Lipinski definition) is 1. The van der Waals surface area contributed by atoms with E-state index in [0.717, 1.165) is 44.8 Å². The number of amides is 1. The minimum atomic E-state index is 0.172. The molecule has 0 bridgehead atoms. The Morgan fingerprint density at radius 1 is 1.07 bits per heavy atom. The molecule has 0 unspecified atom stereocenters. The summed E-state index contributed by atoms with van der Waals surface area (Å²) >= 11 is 0. The number of carbonyl (C=O) groups is 1. The number of aliphatic hydroxyl groups excluding tert-OH is 1. The highest BCUT2D eigenvalue weighted by Gasteiger charge is 2.35. The van der Waals surface area contributed by atoms with Gasteiger partial charge in [-0.3, -0.25) is 4.79 Å². The summed E-state index contributed by atoms with van der Waals surface area (Å²) in [5.41, 5.74) is 3.58. The van der Waals surface area contributed by atoms with Crippen molar-refractivity contribution in [2.75, 3.05) is 59.5 Å². The van der Waals surface area contributed by atoms with Gasteiger partial charge in [0.05, 0.1) is 6.42 Å². The fourth-order valence-electron chi connectivity index (χ4n) is 4.37. The minimum absolute atomic E-state index is 0.172. The molecule has 1 amide bonds. The van der Waals surface area contributed by atoms with Gasteiger partial charge in [0.15, 0.2) is 0 Å². The van der Waals surface area contributed by atoms with Crippen LogP contribution in [-0.2, 0) is 11.2 Å². The Kier molecular flexibility index (Phi) is 6.90. The maximum absolute atomic E-state index is 12.8. The molecule has 5 nitrogen and oxygen atoms in total. The van der Waals surface area contributed by atoms with Gasteiger partial charge in [-0.25, -0.2) is 0 Å². The first kappa shape index (κ1) is 20.3. The quantitative estimate of drug-likeness (QED) is 0.851. The lowest BCUT2D eigenvalue weighted by atomic mass is 9.96. The van der Waals surface area contributed by atoms with Crippen molar-refractivity contribution in [1.82, 2.24) is 14.7 Å². The van der Waals surface area contributed by atoms with Crippen molar-refractivity contribution < 1.29 is 9.90 Å². The Balaban J connectivity index is 1.57. The van der Waals surface area contributed by atoms with Crippen LogP contribution in [0.5, 0.6) is 0 Å². The molecule has 2 atom stereocenters. The van der Waals surface area contributed by atoms with Crippen LogP contribution in [0.25, 0.3) is 0 Å². The Morgan fingerprint density at radius 3 is 2.59 bits per heavy atom. The molecule has 2 saturated heterocycles. The van der Waals surface area contributed by atoms with E-state index in [1.165, 1.54) is 17.5 Å². The molecule has 0 saturated carbocycles. The van der Waals surface area contributed by atoms with Crippen molar-refractivity contribution in [2.24, 2.45) is 11.8 Å². The number of nitrogens with zero attached hydrogens (tertiary/aromatic N) is 3. The molecule has 0 aliphatic carbocycles. The molecule has 150 valence electrons. The van der Waals surface area contributed by atoms with Crippen LogP contribution in [0.1, 0.15) is 23.1 Å². The van der Waals surface area contributed by atoms with Crippen molar-refractivity contribution >= 4 is 5.91 Å². The lowest BCUT2D eigenvalue weighted by molar-refractivity contribution is -0.129. The van der Waals surface area contributed by atoms with E-state index in [0.29, 0.717) is 18.9 Å². The summed E-state index contributed by atoms with van der Waals surface area (Å²) in [4.78, 5) is 19.7. The molecule has 1 aromatic rings. The summed E-state index contributed by atoms with van der Waals surface area (Å²) in [6.45, 7) is 11.3. The van der Waals surface area contributed by atoms with Gasteiger partial charge in [0.1, 0.15) is 0 Å².